The second-order valence-electron chi connectivity index (χ2n) is 8.69. The van der Waals surface area contributed by atoms with Gasteiger partial charge in [0.25, 0.3) is 0 Å². The maximum absolute atomic E-state index is 13.3. The summed E-state index contributed by atoms with van der Waals surface area (Å²) in [4.78, 5) is 25.1. The Kier molecular flexibility index (Phi) is 7.00. The molecular weight excluding hydrogens is 410 g/mol. The van der Waals surface area contributed by atoms with Crippen molar-refractivity contribution in [3.05, 3.63) is 29.8 Å². The lowest BCUT2D eigenvalue weighted by Crippen LogP contribution is -2.45. The molecule has 0 radical (unpaired) electrons. The summed E-state index contributed by atoms with van der Waals surface area (Å²) in [5, 5.41) is 11.2. The normalized spacial score (nSPS) is 23.8. The van der Waals surface area contributed by atoms with Gasteiger partial charge < -0.3 is 14.6 Å². The van der Waals surface area contributed by atoms with E-state index in [0.717, 1.165) is 9.87 Å². The number of sulfonamides is 1. The molecule has 1 aliphatic heterocycles. The van der Waals surface area contributed by atoms with Crippen molar-refractivity contribution in [3.8, 4) is 0 Å². The maximum Gasteiger partial charge on any atom is 0.325 e. The van der Waals surface area contributed by atoms with Crippen LogP contribution in [0, 0.1) is 12.8 Å². The van der Waals surface area contributed by atoms with Crippen LogP contribution in [0.25, 0.3) is 0 Å². The first-order valence-corrected chi connectivity index (χ1v) is 11.4. The van der Waals surface area contributed by atoms with E-state index in [2.05, 4.69) is 0 Å². The number of hydrogen-bond donors (Lipinski definition) is 1. The molecular formula is C21H31NO7S. The molecule has 0 amide bonds. The molecule has 0 spiro atoms. The Morgan fingerprint density at radius 2 is 1.83 bits per heavy atom. The van der Waals surface area contributed by atoms with Gasteiger partial charge in [0, 0.05) is 13.0 Å². The van der Waals surface area contributed by atoms with Gasteiger partial charge in [0.05, 0.1) is 23.0 Å². The number of benzene rings is 1. The molecule has 8 nitrogen and oxygen atoms in total. The highest BCUT2D eigenvalue weighted by Gasteiger charge is 2.56. The van der Waals surface area contributed by atoms with Crippen molar-refractivity contribution < 1.29 is 32.6 Å². The highest BCUT2D eigenvalue weighted by atomic mass is 32.2. The molecule has 2 rings (SSSR count). The van der Waals surface area contributed by atoms with Gasteiger partial charge in [-0.2, -0.15) is 4.31 Å². The molecule has 30 heavy (non-hydrogen) atoms. The molecule has 168 valence electrons. The van der Waals surface area contributed by atoms with Gasteiger partial charge in [0.1, 0.15) is 11.6 Å². The van der Waals surface area contributed by atoms with Crippen molar-refractivity contribution in [1.29, 1.82) is 0 Å². The molecule has 0 aromatic heterocycles. The predicted octanol–water partition coefficient (Wildman–Crippen LogP) is 2.03. The summed E-state index contributed by atoms with van der Waals surface area (Å²) in [6.07, 6.45) is -0.271. The zero-order chi connectivity index (χ0) is 22.9. The number of ether oxygens (including phenoxy) is 2. The molecule has 1 aromatic carbocycles. The van der Waals surface area contributed by atoms with E-state index in [1.165, 1.54) is 19.1 Å². The fraction of sp³-hybridized carbons (Fsp3) is 0.619. The predicted molar refractivity (Wildman–Crippen MR) is 110 cm³/mol. The third-order valence-electron chi connectivity index (χ3n) is 5.08. The molecule has 9 heteroatoms. The first-order chi connectivity index (χ1) is 13.7. The van der Waals surface area contributed by atoms with E-state index in [1.807, 2.05) is 6.92 Å². The fourth-order valence-corrected chi connectivity index (χ4v) is 4.99. The molecule has 1 N–H and O–H groups in total. The average Bonchev–Trinajstić information content (AvgIpc) is 3.00. The van der Waals surface area contributed by atoms with Crippen LogP contribution in [-0.4, -0.2) is 60.2 Å². The number of hydrogen-bond acceptors (Lipinski definition) is 7. The van der Waals surface area contributed by atoms with E-state index in [0.29, 0.717) is 0 Å². The summed E-state index contributed by atoms with van der Waals surface area (Å²) >= 11 is 0. The third-order valence-corrected chi connectivity index (χ3v) is 6.95. The Morgan fingerprint density at radius 3 is 2.33 bits per heavy atom. The molecule has 1 unspecified atom stereocenters. The summed E-state index contributed by atoms with van der Waals surface area (Å²) in [5.74, 6) is -2.46. The van der Waals surface area contributed by atoms with Crippen LogP contribution in [0.15, 0.2) is 29.2 Å². The number of carbonyl (C=O) groups is 2. The molecule has 1 saturated heterocycles. The highest BCUT2D eigenvalue weighted by Crippen LogP contribution is 2.38. The Labute approximate surface area is 178 Å². The van der Waals surface area contributed by atoms with Crippen LogP contribution < -0.4 is 0 Å². The monoisotopic (exact) mass is 441 g/mol. The number of esters is 2. The van der Waals surface area contributed by atoms with E-state index in [-0.39, 0.29) is 17.9 Å². The number of β-amino-alcohol motifs (C(OH)–C–C–N with tert-alkyl or cyclic N) is 1. The van der Waals surface area contributed by atoms with Gasteiger partial charge in [0.15, 0.2) is 0 Å². The molecule has 3 atom stereocenters. The summed E-state index contributed by atoms with van der Waals surface area (Å²) in [5.41, 5.74) is -1.73. The Bertz CT molecular complexity index is 889. The van der Waals surface area contributed by atoms with E-state index < -0.39 is 51.7 Å². The molecule has 1 aromatic rings. The van der Waals surface area contributed by atoms with Crippen LogP contribution in [0.2, 0.25) is 0 Å². The highest BCUT2D eigenvalue weighted by molar-refractivity contribution is 7.89. The smallest absolute Gasteiger partial charge is 0.325 e. The molecule has 1 fully saturated rings. The van der Waals surface area contributed by atoms with E-state index >= 15 is 0 Å². The van der Waals surface area contributed by atoms with Crippen molar-refractivity contribution in [2.24, 2.45) is 5.92 Å². The molecule has 0 bridgehead atoms. The van der Waals surface area contributed by atoms with Crippen LogP contribution in [0.1, 0.15) is 46.6 Å². The Hall–Kier alpha value is -1.97. The van der Waals surface area contributed by atoms with Crippen molar-refractivity contribution in [2.75, 3.05) is 13.2 Å². The minimum Gasteiger partial charge on any atom is -0.466 e. The van der Waals surface area contributed by atoms with E-state index in [9.17, 15) is 23.1 Å². The maximum atomic E-state index is 13.3. The lowest BCUT2D eigenvalue weighted by molar-refractivity contribution is -0.161. The molecule has 1 aliphatic rings. The first-order valence-electron chi connectivity index (χ1n) is 9.91. The fourth-order valence-electron chi connectivity index (χ4n) is 3.35. The van der Waals surface area contributed by atoms with Gasteiger partial charge in [-0.25, -0.2) is 8.42 Å². The van der Waals surface area contributed by atoms with Crippen molar-refractivity contribution in [2.45, 2.75) is 70.1 Å². The van der Waals surface area contributed by atoms with Crippen LogP contribution in [-0.2, 0) is 29.1 Å². The zero-order valence-corrected chi connectivity index (χ0v) is 19.2. The lowest BCUT2D eigenvalue weighted by Gasteiger charge is -2.28. The summed E-state index contributed by atoms with van der Waals surface area (Å²) < 4.78 is 38.0. The quantitative estimate of drug-likeness (QED) is 0.673. The van der Waals surface area contributed by atoms with Gasteiger partial charge in [0.2, 0.25) is 10.0 Å². The SMILES string of the molecule is CCOC(=O)C(C)[C@]1(O)C[C@@H](C(=O)OC(C)(C)C)N(S(=O)(=O)c2ccc(C)cc2)C1. The number of nitrogens with zero attached hydrogens (tertiary/aromatic N) is 1. The molecule has 1 heterocycles. The van der Waals surface area contributed by atoms with Crippen LogP contribution in [0.3, 0.4) is 0 Å². The van der Waals surface area contributed by atoms with Crippen molar-refractivity contribution in [1.82, 2.24) is 4.31 Å². The summed E-state index contributed by atoms with van der Waals surface area (Å²) in [6, 6.07) is 4.93. The second-order valence-corrected chi connectivity index (χ2v) is 10.6. The number of carbonyl (C=O) groups excluding carboxylic acids is 2. The summed E-state index contributed by atoms with van der Waals surface area (Å²) in [7, 11) is -4.13. The number of rotatable bonds is 6. The Morgan fingerprint density at radius 1 is 1.27 bits per heavy atom. The van der Waals surface area contributed by atoms with Gasteiger partial charge in [-0.05, 0) is 53.7 Å². The second kappa shape index (κ2) is 8.64. The average molecular weight is 442 g/mol. The number of aryl methyl sites for hydroxylation is 1. The number of aliphatic hydroxyl groups is 1. The Balaban J connectivity index is 2.46. The standard InChI is InChI=1S/C21H31NO7S/c1-7-28-18(23)15(3)21(25)12-17(19(24)29-20(4,5)6)22(13-21)30(26,27)16-10-8-14(2)9-11-16/h8-11,15,17,25H,7,12-13H2,1-6H3/t15?,17-,21-/m0/s1. The first kappa shape index (κ1) is 24.3. The van der Waals surface area contributed by atoms with Gasteiger partial charge in [-0.15, -0.1) is 0 Å². The third kappa shape index (κ3) is 5.19. The van der Waals surface area contributed by atoms with Gasteiger partial charge in [-0.1, -0.05) is 17.7 Å². The molecule has 0 saturated carbocycles. The lowest BCUT2D eigenvalue weighted by atomic mass is 9.86. The van der Waals surface area contributed by atoms with Crippen LogP contribution in [0.5, 0.6) is 0 Å². The van der Waals surface area contributed by atoms with Gasteiger partial charge in [-0.3, -0.25) is 9.59 Å². The minimum atomic E-state index is -4.13. The summed E-state index contributed by atoms with van der Waals surface area (Å²) in [6.45, 7) is 9.65. The van der Waals surface area contributed by atoms with Crippen molar-refractivity contribution in [3.63, 3.8) is 0 Å². The van der Waals surface area contributed by atoms with Crippen LogP contribution in [0.4, 0.5) is 0 Å². The largest absolute Gasteiger partial charge is 0.466 e. The molecule has 0 aliphatic carbocycles. The van der Waals surface area contributed by atoms with Gasteiger partial charge >= 0.3 is 11.9 Å². The van der Waals surface area contributed by atoms with Crippen molar-refractivity contribution >= 4 is 22.0 Å². The minimum absolute atomic E-state index is 0.00491. The zero-order valence-electron chi connectivity index (χ0n) is 18.3. The van der Waals surface area contributed by atoms with E-state index in [4.69, 9.17) is 9.47 Å². The van der Waals surface area contributed by atoms with E-state index in [1.54, 1.807) is 39.8 Å². The topological polar surface area (TPSA) is 110 Å². The van der Waals surface area contributed by atoms with Crippen LogP contribution >= 0.6 is 0 Å².